The molecule has 0 amide bonds. The van der Waals surface area contributed by atoms with Crippen LogP contribution in [0.3, 0.4) is 0 Å². The van der Waals surface area contributed by atoms with E-state index in [4.69, 9.17) is 17.3 Å². The standard InChI is InChI=1S/C13H18ClNS/c14-11-7-5-10(6-8-11)13(15)9-16-12-3-1-2-4-12/h5-8,12-13H,1-4,9,15H2. The van der Waals surface area contributed by atoms with Crippen molar-refractivity contribution in [2.45, 2.75) is 37.0 Å². The average molecular weight is 256 g/mol. The van der Waals surface area contributed by atoms with Crippen LogP contribution in [0.25, 0.3) is 0 Å². The molecular formula is C13H18ClNS. The first kappa shape index (κ1) is 12.3. The summed E-state index contributed by atoms with van der Waals surface area (Å²) in [5.41, 5.74) is 7.35. The Kier molecular flexibility index (Phi) is 4.56. The van der Waals surface area contributed by atoms with Crippen LogP contribution >= 0.6 is 23.4 Å². The molecule has 16 heavy (non-hydrogen) atoms. The molecule has 0 aromatic heterocycles. The second kappa shape index (κ2) is 5.95. The highest BCUT2D eigenvalue weighted by Gasteiger charge is 2.16. The zero-order valence-electron chi connectivity index (χ0n) is 9.36. The highest BCUT2D eigenvalue weighted by Crippen LogP contribution is 2.31. The van der Waals surface area contributed by atoms with Crippen LogP contribution in [0.4, 0.5) is 0 Å². The first-order valence-electron chi connectivity index (χ1n) is 5.88. The first-order valence-corrected chi connectivity index (χ1v) is 7.31. The van der Waals surface area contributed by atoms with Crippen molar-refractivity contribution in [2.75, 3.05) is 5.75 Å². The molecule has 0 aliphatic heterocycles. The van der Waals surface area contributed by atoms with Gasteiger partial charge in [-0.15, -0.1) is 0 Å². The average Bonchev–Trinajstić information content (AvgIpc) is 2.80. The molecule has 3 heteroatoms. The van der Waals surface area contributed by atoms with Gasteiger partial charge in [0, 0.05) is 22.1 Å². The summed E-state index contributed by atoms with van der Waals surface area (Å²) in [6.07, 6.45) is 5.54. The predicted octanol–water partition coefficient (Wildman–Crippen LogP) is 4.02. The summed E-state index contributed by atoms with van der Waals surface area (Å²) in [5, 5.41) is 1.62. The van der Waals surface area contributed by atoms with E-state index < -0.39 is 0 Å². The van der Waals surface area contributed by atoms with E-state index in [1.807, 2.05) is 36.0 Å². The normalized spacial score (nSPS) is 18.9. The third-order valence-electron chi connectivity index (χ3n) is 3.11. The molecule has 1 aromatic carbocycles. The van der Waals surface area contributed by atoms with Crippen LogP contribution in [0.1, 0.15) is 37.3 Å². The molecule has 1 aliphatic rings. The Labute approximate surface area is 107 Å². The van der Waals surface area contributed by atoms with E-state index in [0.29, 0.717) is 0 Å². The Morgan fingerprint density at radius 3 is 2.50 bits per heavy atom. The van der Waals surface area contributed by atoms with Gasteiger partial charge in [-0.25, -0.2) is 0 Å². The Balaban J connectivity index is 1.82. The molecule has 0 heterocycles. The third-order valence-corrected chi connectivity index (χ3v) is 4.86. The van der Waals surface area contributed by atoms with Crippen molar-refractivity contribution >= 4 is 23.4 Å². The van der Waals surface area contributed by atoms with Crippen molar-refractivity contribution < 1.29 is 0 Å². The molecule has 1 fully saturated rings. The third kappa shape index (κ3) is 3.41. The zero-order valence-corrected chi connectivity index (χ0v) is 10.9. The van der Waals surface area contributed by atoms with Crippen LogP contribution in [0, 0.1) is 0 Å². The van der Waals surface area contributed by atoms with Crippen molar-refractivity contribution in [3.63, 3.8) is 0 Å². The number of thioether (sulfide) groups is 1. The SMILES string of the molecule is NC(CSC1CCCC1)c1ccc(Cl)cc1. The summed E-state index contributed by atoms with van der Waals surface area (Å²) in [6.45, 7) is 0. The minimum Gasteiger partial charge on any atom is -0.323 e. The van der Waals surface area contributed by atoms with Crippen LogP contribution in [0.2, 0.25) is 5.02 Å². The van der Waals surface area contributed by atoms with Crippen molar-refractivity contribution in [3.05, 3.63) is 34.9 Å². The fraction of sp³-hybridized carbons (Fsp3) is 0.538. The van der Waals surface area contributed by atoms with Crippen LogP contribution in [-0.4, -0.2) is 11.0 Å². The van der Waals surface area contributed by atoms with Gasteiger partial charge < -0.3 is 5.73 Å². The van der Waals surface area contributed by atoms with Gasteiger partial charge in [0.05, 0.1) is 0 Å². The van der Waals surface area contributed by atoms with E-state index in [9.17, 15) is 0 Å². The molecular weight excluding hydrogens is 238 g/mol. The molecule has 1 saturated carbocycles. The van der Waals surface area contributed by atoms with Crippen LogP contribution in [0.15, 0.2) is 24.3 Å². The minimum atomic E-state index is 0.142. The molecule has 1 atom stereocenters. The maximum Gasteiger partial charge on any atom is 0.0406 e. The van der Waals surface area contributed by atoms with Gasteiger partial charge in [-0.05, 0) is 30.5 Å². The van der Waals surface area contributed by atoms with Gasteiger partial charge in [0.1, 0.15) is 0 Å². The lowest BCUT2D eigenvalue weighted by Crippen LogP contribution is -2.14. The van der Waals surface area contributed by atoms with E-state index >= 15 is 0 Å². The number of hydrogen-bond donors (Lipinski definition) is 1. The lowest BCUT2D eigenvalue weighted by atomic mass is 10.1. The van der Waals surface area contributed by atoms with Crippen molar-refractivity contribution in [2.24, 2.45) is 5.73 Å². The molecule has 2 N–H and O–H groups in total. The maximum atomic E-state index is 6.16. The number of halogens is 1. The summed E-state index contributed by atoms with van der Waals surface area (Å²) in [7, 11) is 0. The smallest absolute Gasteiger partial charge is 0.0406 e. The van der Waals surface area contributed by atoms with Crippen molar-refractivity contribution in [3.8, 4) is 0 Å². The second-order valence-electron chi connectivity index (χ2n) is 4.40. The van der Waals surface area contributed by atoms with E-state index in [2.05, 4.69) is 0 Å². The Morgan fingerprint density at radius 1 is 1.25 bits per heavy atom. The summed E-state index contributed by atoms with van der Waals surface area (Å²) in [5.74, 6) is 1.02. The lowest BCUT2D eigenvalue weighted by Gasteiger charge is -2.14. The molecule has 0 saturated heterocycles. The molecule has 2 rings (SSSR count). The van der Waals surface area contributed by atoms with E-state index in [1.54, 1.807) is 0 Å². The molecule has 0 bridgehead atoms. The zero-order chi connectivity index (χ0) is 11.4. The molecule has 1 nitrogen and oxygen atoms in total. The summed E-state index contributed by atoms with van der Waals surface area (Å²) in [4.78, 5) is 0. The number of nitrogens with two attached hydrogens (primary N) is 1. The van der Waals surface area contributed by atoms with Crippen LogP contribution < -0.4 is 5.73 Å². The van der Waals surface area contributed by atoms with Gasteiger partial charge in [0.25, 0.3) is 0 Å². The van der Waals surface area contributed by atoms with Gasteiger partial charge in [-0.1, -0.05) is 36.6 Å². The molecule has 1 unspecified atom stereocenters. The van der Waals surface area contributed by atoms with Gasteiger partial charge in [-0.3, -0.25) is 0 Å². The van der Waals surface area contributed by atoms with E-state index in [0.717, 1.165) is 16.0 Å². The first-order chi connectivity index (χ1) is 7.75. The van der Waals surface area contributed by atoms with Gasteiger partial charge in [-0.2, -0.15) is 11.8 Å². The fourth-order valence-corrected chi connectivity index (χ4v) is 3.57. The minimum absolute atomic E-state index is 0.142. The molecule has 0 radical (unpaired) electrons. The summed E-state index contributed by atoms with van der Waals surface area (Å²) < 4.78 is 0. The lowest BCUT2D eigenvalue weighted by molar-refractivity contribution is 0.820. The van der Waals surface area contributed by atoms with E-state index in [-0.39, 0.29) is 6.04 Å². The number of benzene rings is 1. The topological polar surface area (TPSA) is 26.0 Å². The number of rotatable bonds is 4. The Morgan fingerprint density at radius 2 is 1.88 bits per heavy atom. The Hall–Kier alpha value is -0.180. The quantitative estimate of drug-likeness (QED) is 0.880. The maximum absolute atomic E-state index is 6.16. The van der Waals surface area contributed by atoms with E-state index in [1.165, 1.54) is 31.2 Å². The highest BCUT2D eigenvalue weighted by atomic mass is 35.5. The summed E-state index contributed by atoms with van der Waals surface area (Å²) >= 11 is 7.88. The summed E-state index contributed by atoms with van der Waals surface area (Å²) in [6, 6.07) is 8.03. The molecule has 88 valence electrons. The fourth-order valence-electron chi connectivity index (χ4n) is 2.10. The van der Waals surface area contributed by atoms with Gasteiger partial charge >= 0.3 is 0 Å². The van der Waals surface area contributed by atoms with Crippen molar-refractivity contribution in [1.29, 1.82) is 0 Å². The van der Waals surface area contributed by atoms with Gasteiger partial charge in [0.15, 0.2) is 0 Å². The van der Waals surface area contributed by atoms with Crippen LogP contribution in [-0.2, 0) is 0 Å². The van der Waals surface area contributed by atoms with Crippen LogP contribution in [0.5, 0.6) is 0 Å². The highest BCUT2D eigenvalue weighted by molar-refractivity contribution is 7.99. The monoisotopic (exact) mass is 255 g/mol. The second-order valence-corrected chi connectivity index (χ2v) is 6.17. The predicted molar refractivity (Wildman–Crippen MR) is 73.1 cm³/mol. The van der Waals surface area contributed by atoms with Gasteiger partial charge in [0.2, 0.25) is 0 Å². The largest absolute Gasteiger partial charge is 0.323 e. The molecule has 1 aromatic rings. The number of hydrogen-bond acceptors (Lipinski definition) is 2. The Bertz CT molecular complexity index is 319. The van der Waals surface area contributed by atoms with Crippen molar-refractivity contribution in [1.82, 2.24) is 0 Å². The molecule has 1 aliphatic carbocycles. The molecule has 0 spiro atoms.